The summed E-state index contributed by atoms with van der Waals surface area (Å²) in [5.74, 6) is 1.01. The molecular weight excluding hydrogens is 312 g/mol. The molecule has 2 aliphatic rings. The Hall–Kier alpha value is -1.10. The average molecular weight is 339 g/mol. The molecule has 4 nitrogen and oxygen atoms in total. The van der Waals surface area contributed by atoms with Gasteiger partial charge in [-0.25, -0.2) is 0 Å². The molecule has 0 aromatic heterocycles. The van der Waals surface area contributed by atoms with Gasteiger partial charge >= 0.3 is 0 Å². The fraction of sp³-hybridized carbons (Fsp3) is 0.611. The van der Waals surface area contributed by atoms with E-state index < -0.39 is 0 Å². The fourth-order valence-corrected chi connectivity index (χ4v) is 3.19. The SMILES string of the molecule is CC(C(=O)N1CCC(OCc2ccccc2)CC1)C1CNC1.Cl. The van der Waals surface area contributed by atoms with Crippen LogP contribution >= 0.6 is 12.4 Å². The van der Waals surface area contributed by atoms with E-state index in [9.17, 15) is 4.79 Å². The summed E-state index contributed by atoms with van der Waals surface area (Å²) in [6.07, 6.45) is 2.19. The number of halogens is 1. The van der Waals surface area contributed by atoms with E-state index in [-0.39, 0.29) is 24.4 Å². The summed E-state index contributed by atoms with van der Waals surface area (Å²) in [5, 5.41) is 3.25. The number of rotatable bonds is 5. The van der Waals surface area contributed by atoms with Crippen molar-refractivity contribution in [3.8, 4) is 0 Å². The van der Waals surface area contributed by atoms with Gasteiger partial charge in [-0.3, -0.25) is 4.79 Å². The van der Waals surface area contributed by atoms with Crippen LogP contribution in [0.5, 0.6) is 0 Å². The van der Waals surface area contributed by atoms with E-state index in [4.69, 9.17) is 4.74 Å². The first-order valence-electron chi connectivity index (χ1n) is 8.39. The Labute approximate surface area is 145 Å². The molecule has 1 aromatic rings. The maximum atomic E-state index is 12.5. The lowest BCUT2D eigenvalue weighted by molar-refractivity contribution is -0.140. The zero-order chi connectivity index (χ0) is 15.4. The summed E-state index contributed by atoms with van der Waals surface area (Å²) >= 11 is 0. The number of benzene rings is 1. The van der Waals surface area contributed by atoms with Crippen molar-refractivity contribution in [1.29, 1.82) is 0 Å². The zero-order valence-electron chi connectivity index (χ0n) is 13.7. The van der Waals surface area contributed by atoms with Crippen LogP contribution in [0.4, 0.5) is 0 Å². The lowest BCUT2D eigenvalue weighted by atomic mass is 9.87. The third-order valence-corrected chi connectivity index (χ3v) is 4.99. The normalized spacial score (nSPS) is 20.5. The minimum Gasteiger partial charge on any atom is -0.373 e. The van der Waals surface area contributed by atoms with Crippen molar-refractivity contribution in [2.45, 2.75) is 32.5 Å². The topological polar surface area (TPSA) is 41.6 Å². The smallest absolute Gasteiger partial charge is 0.225 e. The number of hydrogen-bond donors (Lipinski definition) is 1. The molecule has 1 aromatic carbocycles. The predicted molar refractivity (Wildman–Crippen MR) is 93.6 cm³/mol. The third kappa shape index (κ3) is 4.69. The van der Waals surface area contributed by atoms with E-state index in [2.05, 4.69) is 24.4 Å². The number of piperidine rings is 1. The van der Waals surface area contributed by atoms with Crippen LogP contribution in [-0.4, -0.2) is 43.1 Å². The van der Waals surface area contributed by atoms with Gasteiger partial charge in [-0.2, -0.15) is 0 Å². The second-order valence-corrected chi connectivity index (χ2v) is 6.53. The number of hydrogen-bond acceptors (Lipinski definition) is 3. The Morgan fingerprint density at radius 2 is 1.91 bits per heavy atom. The van der Waals surface area contributed by atoms with Crippen LogP contribution in [0.15, 0.2) is 30.3 Å². The largest absolute Gasteiger partial charge is 0.373 e. The number of carbonyl (C=O) groups excluding carboxylic acids is 1. The van der Waals surface area contributed by atoms with Gasteiger partial charge in [0.15, 0.2) is 0 Å². The lowest BCUT2D eigenvalue weighted by Crippen LogP contribution is -2.52. The maximum absolute atomic E-state index is 12.5. The van der Waals surface area contributed by atoms with Crippen LogP contribution in [-0.2, 0) is 16.1 Å². The number of nitrogens with zero attached hydrogens (tertiary/aromatic N) is 1. The van der Waals surface area contributed by atoms with Gasteiger partial charge in [0.2, 0.25) is 5.91 Å². The van der Waals surface area contributed by atoms with E-state index in [1.54, 1.807) is 0 Å². The molecule has 0 bridgehead atoms. The minimum atomic E-state index is 0. The molecule has 0 saturated carbocycles. The van der Waals surface area contributed by atoms with Crippen molar-refractivity contribution >= 4 is 18.3 Å². The second kappa shape index (κ2) is 8.67. The molecule has 0 aliphatic carbocycles. The Bertz CT molecular complexity index is 485. The second-order valence-electron chi connectivity index (χ2n) is 6.53. The Morgan fingerprint density at radius 3 is 2.48 bits per heavy atom. The van der Waals surface area contributed by atoms with E-state index in [0.717, 1.165) is 39.0 Å². The number of carbonyl (C=O) groups is 1. The molecular formula is C18H27ClN2O2. The molecule has 2 heterocycles. The molecule has 128 valence electrons. The summed E-state index contributed by atoms with van der Waals surface area (Å²) in [6, 6.07) is 10.3. The molecule has 1 atom stereocenters. The highest BCUT2D eigenvalue weighted by atomic mass is 35.5. The van der Waals surface area contributed by atoms with Crippen molar-refractivity contribution < 1.29 is 9.53 Å². The number of likely N-dealkylation sites (tertiary alicyclic amines) is 1. The molecule has 2 saturated heterocycles. The summed E-state index contributed by atoms with van der Waals surface area (Å²) in [7, 11) is 0. The Kier molecular flexibility index (Phi) is 6.88. The molecule has 0 radical (unpaired) electrons. The zero-order valence-corrected chi connectivity index (χ0v) is 14.6. The molecule has 1 amide bonds. The van der Waals surface area contributed by atoms with Crippen LogP contribution in [0.25, 0.3) is 0 Å². The van der Waals surface area contributed by atoms with Crippen molar-refractivity contribution in [2.75, 3.05) is 26.2 Å². The van der Waals surface area contributed by atoms with Crippen molar-refractivity contribution in [3.63, 3.8) is 0 Å². The standard InChI is InChI=1S/C18H26N2O2.ClH/c1-14(16-11-19-12-16)18(21)20-9-7-17(8-10-20)22-13-15-5-3-2-4-6-15;/h2-6,14,16-17,19H,7-13H2,1H3;1H. The first-order valence-corrected chi connectivity index (χ1v) is 8.39. The third-order valence-electron chi connectivity index (χ3n) is 4.99. The summed E-state index contributed by atoms with van der Waals surface area (Å²) in [5.41, 5.74) is 1.21. The van der Waals surface area contributed by atoms with Gasteiger partial charge in [0.05, 0.1) is 12.7 Å². The fourth-order valence-electron chi connectivity index (χ4n) is 3.19. The summed E-state index contributed by atoms with van der Waals surface area (Å²) in [4.78, 5) is 14.5. The highest BCUT2D eigenvalue weighted by Gasteiger charge is 2.33. The van der Waals surface area contributed by atoms with Gasteiger partial charge in [-0.05, 0) is 37.4 Å². The van der Waals surface area contributed by atoms with Gasteiger partial charge in [0, 0.05) is 19.0 Å². The number of ether oxygens (including phenoxy) is 1. The molecule has 2 fully saturated rings. The first kappa shape index (κ1) is 18.2. The van der Waals surface area contributed by atoms with Gasteiger partial charge in [0.25, 0.3) is 0 Å². The van der Waals surface area contributed by atoms with Crippen LogP contribution in [0.1, 0.15) is 25.3 Å². The first-order chi connectivity index (χ1) is 10.7. The Balaban J connectivity index is 0.00000192. The highest BCUT2D eigenvalue weighted by Crippen LogP contribution is 2.22. The number of amides is 1. The molecule has 5 heteroatoms. The molecule has 2 aliphatic heterocycles. The van der Waals surface area contributed by atoms with Crippen LogP contribution < -0.4 is 5.32 Å². The maximum Gasteiger partial charge on any atom is 0.225 e. The van der Waals surface area contributed by atoms with E-state index in [1.165, 1.54) is 5.56 Å². The molecule has 1 unspecified atom stereocenters. The van der Waals surface area contributed by atoms with Crippen molar-refractivity contribution in [2.24, 2.45) is 11.8 Å². The lowest BCUT2D eigenvalue weighted by Gasteiger charge is -2.38. The minimum absolute atomic E-state index is 0. The predicted octanol–water partition coefficient (Wildman–Crippen LogP) is 2.47. The highest BCUT2D eigenvalue weighted by molar-refractivity contribution is 5.85. The molecule has 1 N–H and O–H groups in total. The quantitative estimate of drug-likeness (QED) is 0.896. The van der Waals surface area contributed by atoms with E-state index in [1.807, 2.05) is 23.1 Å². The van der Waals surface area contributed by atoms with Crippen LogP contribution in [0.3, 0.4) is 0 Å². The summed E-state index contributed by atoms with van der Waals surface area (Å²) in [6.45, 7) is 6.40. The van der Waals surface area contributed by atoms with Gasteiger partial charge in [0.1, 0.15) is 0 Å². The van der Waals surface area contributed by atoms with Gasteiger partial charge < -0.3 is 15.0 Å². The van der Waals surface area contributed by atoms with Crippen molar-refractivity contribution in [1.82, 2.24) is 10.2 Å². The van der Waals surface area contributed by atoms with Crippen molar-refractivity contribution in [3.05, 3.63) is 35.9 Å². The molecule has 3 rings (SSSR count). The van der Waals surface area contributed by atoms with E-state index in [0.29, 0.717) is 18.4 Å². The van der Waals surface area contributed by atoms with Crippen LogP contribution in [0.2, 0.25) is 0 Å². The van der Waals surface area contributed by atoms with Crippen LogP contribution in [0, 0.1) is 11.8 Å². The monoisotopic (exact) mass is 338 g/mol. The van der Waals surface area contributed by atoms with E-state index >= 15 is 0 Å². The Morgan fingerprint density at radius 1 is 1.26 bits per heavy atom. The summed E-state index contributed by atoms with van der Waals surface area (Å²) < 4.78 is 5.99. The molecule has 23 heavy (non-hydrogen) atoms. The molecule has 0 spiro atoms. The van der Waals surface area contributed by atoms with Gasteiger partial charge in [-0.15, -0.1) is 12.4 Å². The van der Waals surface area contributed by atoms with Gasteiger partial charge in [-0.1, -0.05) is 37.3 Å². The number of nitrogens with one attached hydrogen (secondary N) is 1. The average Bonchev–Trinajstić information content (AvgIpc) is 2.52.